The number of nitrogens with zero attached hydrogens (tertiary/aromatic N) is 1. The number of likely N-dealkylation sites (tertiary alicyclic amines) is 1. The van der Waals surface area contributed by atoms with E-state index in [1.807, 2.05) is 0 Å². The van der Waals surface area contributed by atoms with Crippen molar-refractivity contribution in [2.24, 2.45) is 5.92 Å². The lowest BCUT2D eigenvalue weighted by Gasteiger charge is -2.32. The molecular formula is C21H26F2N2. The van der Waals surface area contributed by atoms with Gasteiger partial charge in [0.2, 0.25) is 0 Å². The van der Waals surface area contributed by atoms with Crippen LogP contribution in [-0.2, 0) is 6.42 Å². The van der Waals surface area contributed by atoms with Gasteiger partial charge in [0, 0.05) is 6.54 Å². The summed E-state index contributed by atoms with van der Waals surface area (Å²) in [7, 11) is 0. The Balaban J connectivity index is 1.34. The van der Waals surface area contributed by atoms with Gasteiger partial charge in [-0.3, -0.25) is 0 Å². The van der Waals surface area contributed by atoms with Gasteiger partial charge < -0.3 is 10.2 Å². The second-order valence-corrected chi connectivity index (χ2v) is 6.85. The SMILES string of the molecule is Fc1cccc(F)c1NCCCN1CCC(Cc2ccccc2)CC1. The fourth-order valence-electron chi connectivity index (χ4n) is 3.54. The largest absolute Gasteiger partial charge is 0.380 e. The number of para-hydroxylation sites is 1. The molecule has 0 spiro atoms. The third kappa shape index (κ3) is 5.27. The van der Waals surface area contributed by atoms with E-state index in [0.717, 1.165) is 32.0 Å². The Morgan fingerprint density at radius 3 is 2.28 bits per heavy atom. The molecule has 1 saturated heterocycles. The average Bonchev–Trinajstić information content (AvgIpc) is 2.63. The molecule has 0 bridgehead atoms. The number of nitrogens with one attached hydrogen (secondary N) is 1. The topological polar surface area (TPSA) is 15.3 Å². The van der Waals surface area contributed by atoms with Crippen molar-refractivity contribution >= 4 is 5.69 Å². The quantitative estimate of drug-likeness (QED) is 0.731. The van der Waals surface area contributed by atoms with E-state index >= 15 is 0 Å². The van der Waals surface area contributed by atoms with Crippen LogP contribution in [0.15, 0.2) is 48.5 Å². The molecule has 0 aliphatic carbocycles. The van der Waals surface area contributed by atoms with E-state index in [4.69, 9.17) is 0 Å². The molecule has 2 aromatic carbocycles. The molecule has 1 fully saturated rings. The molecule has 2 nitrogen and oxygen atoms in total. The van der Waals surface area contributed by atoms with Crippen molar-refractivity contribution in [3.63, 3.8) is 0 Å². The van der Waals surface area contributed by atoms with E-state index in [1.165, 1.54) is 43.0 Å². The number of piperidine rings is 1. The molecule has 1 heterocycles. The van der Waals surface area contributed by atoms with Crippen LogP contribution in [0.3, 0.4) is 0 Å². The predicted molar refractivity (Wildman–Crippen MR) is 98.8 cm³/mol. The molecule has 1 aliphatic heterocycles. The van der Waals surface area contributed by atoms with Gasteiger partial charge >= 0.3 is 0 Å². The maximum atomic E-state index is 13.5. The van der Waals surface area contributed by atoms with Gasteiger partial charge in [-0.15, -0.1) is 0 Å². The molecule has 25 heavy (non-hydrogen) atoms. The number of halogens is 2. The highest BCUT2D eigenvalue weighted by Gasteiger charge is 2.19. The summed E-state index contributed by atoms with van der Waals surface area (Å²) in [6, 6.07) is 14.6. The number of hydrogen-bond acceptors (Lipinski definition) is 2. The summed E-state index contributed by atoms with van der Waals surface area (Å²) in [5.41, 5.74) is 1.42. The lowest BCUT2D eigenvalue weighted by Crippen LogP contribution is -2.35. The molecule has 0 aromatic heterocycles. The van der Waals surface area contributed by atoms with Gasteiger partial charge in [-0.1, -0.05) is 36.4 Å². The first kappa shape index (κ1) is 17.9. The summed E-state index contributed by atoms with van der Waals surface area (Å²) < 4.78 is 27.1. The molecule has 0 radical (unpaired) electrons. The monoisotopic (exact) mass is 344 g/mol. The fraction of sp³-hybridized carbons (Fsp3) is 0.429. The van der Waals surface area contributed by atoms with Crippen molar-refractivity contribution in [1.82, 2.24) is 4.90 Å². The molecule has 0 unspecified atom stereocenters. The molecule has 2 aromatic rings. The van der Waals surface area contributed by atoms with Crippen molar-refractivity contribution in [3.8, 4) is 0 Å². The Hall–Kier alpha value is -1.94. The maximum Gasteiger partial charge on any atom is 0.149 e. The van der Waals surface area contributed by atoms with Crippen molar-refractivity contribution in [3.05, 3.63) is 65.7 Å². The summed E-state index contributed by atoms with van der Waals surface area (Å²) in [5.74, 6) is -0.285. The van der Waals surface area contributed by atoms with Crippen LogP contribution in [0.25, 0.3) is 0 Å². The van der Waals surface area contributed by atoms with E-state index in [-0.39, 0.29) is 5.69 Å². The molecule has 0 saturated carbocycles. The number of rotatable bonds is 7. The number of anilines is 1. The van der Waals surface area contributed by atoms with Gasteiger partial charge in [0.05, 0.1) is 0 Å². The smallest absolute Gasteiger partial charge is 0.149 e. The number of benzene rings is 2. The normalized spacial score (nSPS) is 16.1. The van der Waals surface area contributed by atoms with Crippen LogP contribution < -0.4 is 5.32 Å². The van der Waals surface area contributed by atoms with Gasteiger partial charge in [0.25, 0.3) is 0 Å². The standard InChI is InChI=1S/C21H26F2N2/c22-19-8-4-9-20(23)21(19)24-12-5-13-25-14-10-18(11-15-25)16-17-6-2-1-3-7-17/h1-4,6-9,18,24H,5,10-16H2. The van der Waals surface area contributed by atoms with E-state index in [9.17, 15) is 8.78 Å². The highest BCUT2D eigenvalue weighted by atomic mass is 19.1. The second kappa shape index (κ2) is 8.95. The highest BCUT2D eigenvalue weighted by Crippen LogP contribution is 2.22. The van der Waals surface area contributed by atoms with E-state index < -0.39 is 11.6 Å². The number of hydrogen-bond donors (Lipinski definition) is 1. The zero-order chi connectivity index (χ0) is 17.5. The van der Waals surface area contributed by atoms with Gasteiger partial charge in [-0.2, -0.15) is 0 Å². The zero-order valence-electron chi connectivity index (χ0n) is 14.6. The molecular weight excluding hydrogens is 318 g/mol. The van der Waals surface area contributed by atoms with Crippen LogP contribution in [0.2, 0.25) is 0 Å². The summed E-state index contributed by atoms with van der Waals surface area (Å²) in [4.78, 5) is 2.46. The van der Waals surface area contributed by atoms with E-state index in [0.29, 0.717) is 6.54 Å². The summed E-state index contributed by atoms with van der Waals surface area (Å²) in [6.07, 6.45) is 4.51. The summed E-state index contributed by atoms with van der Waals surface area (Å²) in [5, 5.41) is 2.89. The van der Waals surface area contributed by atoms with Gasteiger partial charge in [-0.25, -0.2) is 8.78 Å². The molecule has 1 aliphatic rings. The van der Waals surface area contributed by atoms with Crippen LogP contribution >= 0.6 is 0 Å². The molecule has 0 atom stereocenters. The minimum atomic E-state index is -0.526. The van der Waals surface area contributed by atoms with Crippen molar-refractivity contribution < 1.29 is 8.78 Å². The first-order chi connectivity index (χ1) is 12.2. The molecule has 134 valence electrons. The van der Waals surface area contributed by atoms with E-state index in [2.05, 4.69) is 40.5 Å². The highest BCUT2D eigenvalue weighted by molar-refractivity contribution is 5.45. The van der Waals surface area contributed by atoms with Gasteiger partial charge in [-0.05, 0) is 68.9 Å². The fourth-order valence-corrected chi connectivity index (χ4v) is 3.54. The Morgan fingerprint density at radius 1 is 0.920 bits per heavy atom. The van der Waals surface area contributed by atoms with Crippen molar-refractivity contribution in [2.75, 3.05) is 31.5 Å². The molecule has 0 amide bonds. The van der Waals surface area contributed by atoms with Crippen LogP contribution in [0.1, 0.15) is 24.8 Å². The third-order valence-electron chi connectivity index (χ3n) is 4.99. The summed E-state index contributed by atoms with van der Waals surface area (Å²) >= 11 is 0. The van der Waals surface area contributed by atoms with Crippen LogP contribution in [0.4, 0.5) is 14.5 Å². The molecule has 1 N–H and O–H groups in total. The van der Waals surface area contributed by atoms with Crippen LogP contribution in [0.5, 0.6) is 0 Å². The predicted octanol–water partition coefficient (Wildman–Crippen LogP) is 4.72. The van der Waals surface area contributed by atoms with Gasteiger partial charge in [0.15, 0.2) is 0 Å². The van der Waals surface area contributed by atoms with Crippen LogP contribution in [0, 0.1) is 17.6 Å². The Kier molecular flexibility index (Phi) is 6.40. The minimum Gasteiger partial charge on any atom is -0.380 e. The lowest BCUT2D eigenvalue weighted by atomic mass is 9.90. The lowest BCUT2D eigenvalue weighted by molar-refractivity contribution is 0.183. The Bertz CT molecular complexity index is 632. The average molecular weight is 344 g/mol. The minimum absolute atomic E-state index is 0.0101. The first-order valence-electron chi connectivity index (χ1n) is 9.16. The van der Waals surface area contributed by atoms with Crippen molar-refractivity contribution in [2.45, 2.75) is 25.7 Å². The van der Waals surface area contributed by atoms with E-state index in [1.54, 1.807) is 0 Å². The maximum absolute atomic E-state index is 13.5. The van der Waals surface area contributed by atoms with Gasteiger partial charge in [0.1, 0.15) is 17.3 Å². The zero-order valence-corrected chi connectivity index (χ0v) is 14.6. The third-order valence-corrected chi connectivity index (χ3v) is 4.99. The Labute approximate surface area is 148 Å². The summed E-state index contributed by atoms with van der Waals surface area (Å²) in [6.45, 7) is 3.79. The van der Waals surface area contributed by atoms with Crippen molar-refractivity contribution in [1.29, 1.82) is 0 Å². The first-order valence-corrected chi connectivity index (χ1v) is 9.16. The molecule has 3 rings (SSSR count). The molecule has 4 heteroatoms. The van der Waals surface area contributed by atoms with Crippen LogP contribution in [-0.4, -0.2) is 31.1 Å². The second-order valence-electron chi connectivity index (χ2n) is 6.85. The Morgan fingerprint density at radius 2 is 1.60 bits per heavy atom.